The Labute approximate surface area is 105 Å². The molecule has 2 rings (SSSR count). The monoisotopic (exact) mass is 232 g/mol. The minimum Gasteiger partial charge on any atom is -0.397 e. The maximum atomic E-state index is 6.18. The smallest absolute Gasteiger partial charge is 0.0632 e. The molecular formula is C15H24N2. The van der Waals surface area contributed by atoms with E-state index in [0.717, 1.165) is 12.2 Å². The number of para-hydroxylation sites is 1. The second-order valence-electron chi connectivity index (χ2n) is 5.12. The van der Waals surface area contributed by atoms with Crippen molar-refractivity contribution >= 4 is 11.4 Å². The van der Waals surface area contributed by atoms with E-state index in [0.29, 0.717) is 6.04 Å². The van der Waals surface area contributed by atoms with Gasteiger partial charge < -0.3 is 10.6 Å². The average Bonchev–Trinajstić information content (AvgIpc) is 2.54. The van der Waals surface area contributed by atoms with E-state index < -0.39 is 0 Å². The molecule has 0 radical (unpaired) electrons. The molecule has 2 heteroatoms. The highest BCUT2D eigenvalue weighted by atomic mass is 15.2. The second-order valence-corrected chi connectivity index (χ2v) is 5.12. The van der Waals surface area contributed by atoms with Crippen molar-refractivity contribution in [1.29, 1.82) is 0 Å². The molecule has 2 nitrogen and oxygen atoms in total. The molecule has 1 heterocycles. The molecule has 0 spiro atoms. The maximum absolute atomic E-state index is 6.18. The van der Waals surface area contributed by atoms with Gasteiger partial charge in [-0.25, -0.2) is 0 Å². The molecule has 17 heavy (non-hydrogen) atoms. The van der Waals surface area contributed by atoms with Crippen LogP contribution in [0.5, 0.6) is 0 Å². The van der Waals surface area contributed by atoms with Crippen molar-refractivity contribution in [3.05, 3.63) is 23.8 Å². The van der Waals surface area contributed by atoms with E-state index >= 15 is 0 Å². The fraction of sp³-hybridized carbons (Fsp3) is 0.600. The fourth-order valence-electron chi connectivity index (χ4n) is 2.97. The standard InChI is InChI=1S/C15H24N2/c1-3-13-9-5-4-6-11-17(13)15-12(2)8-7-10-14(15)16/h7-8,10,13H,3-6,9,11,16H2,1-2H3. The topological polar surface area (TPSA) is 29.3 Å². The van der Waals surface area contributed by atoms with Gasteiger partial charge in [-0.05, 0) is 37.8 Å². The molecule has 1 aromatic carbocycles. The Kier molecular flexibility index (Phi) is 3.93. The van der Waals surface area contributed by atoms with Gasteiger partial charge in [-0.3, -0.25) is 0 Å². The van der Waals surface area contributed by atoms with Crippen LogP contribution in [0, 0.1) is 6.92 Å². The van der Waals surface area contributed by atoms with Crippen LogP contribution in [0.3, 0.4) is 0 Å². The van der Waals surface area contributed by atoms with E-state index in [4.69, 9.17) is 5.73 Å². The van der Waals surface area contributed by atoms with Gasteiger partial charge in [0.05, 0.1) is 11.4 Å². The van der Waals surface area contributed by atoms with Crippen LogP contribution < -0.4 is 10.6 Å². The molecule has 94 valence electrons. The zero-order valence-electron chi connectivity index (χ0n) is 11.1. The highest BCUT2D eigenvalue weighted by Gasteiger charge is 2.22. The van der Waals surface area contributed by atoms with Gasteiger partial charge >= 0.3 is 0 Å². The summed E-state index contributed by atoms with van der Waals surface area (Å²) in [4.78, 5) is 2.55. The zero-order valence-corrected chi connectivity index (χ0v) is 11.1. The van der Waals surface area contributed by atoms with Gasteiger partial charge in [0, 0.05) is 12.6 Å². The van der Waals surface area contributed by atoms with Crippen LogP contribution in [0.15, 0.2) is 18.2 Å². The number of benzene rings is 1. The summed E-state index contributed by atoms with van der Waals surface area (Å²) in [6.45, 7) is 5.62. The summed E-state index contributed by atoms with van der Waals surface area (Å²) in [6, 6.07) is 6.91. The molecule has 0 aliphatic carbocycles. The summed E-state index contributed by atoms with van der Waals surface area (Å²) >= 11 is 0. The van der Waals surface area contributed by atoms with Crippen molar-refractivity contribution in [1.82, 2.24) is 0 Å². The highest BCUT2D eigenvalue weighted by molar-refractivity contribution is 5.71. The number of hydrogen-bond donors (Lipinski definition) is 1. The Hall–Kier alpha value is -1.18. The SMILES string of the molecule is CCC1CCCCCN1c1c(C)cccc1N. The number of nitrogens with zero attached hydrogens (tertiary/aromatic N) is 1. The molecule has 0 bridgehead atoms. The normalized spacial score (nSPS) is 21.3. The van der Waals surface area contributed by atoms with Crippen molar-refractivity contribution in [3.8, 4) is 0 Å². The third-order valence-corrected chi connectivity index (χ3v) is 3.90. The molecule has 1 aliphatic rings. The third kappa shape index (κ3) is 2.56. The summed E-state index contributed by atoms with van der Waals surface area (Å²) in [5, 5.41) is 0. The molecule has 1 aromatic rings. The van der Waals surface area contributed by atoms with Gasteiger partial charge in [0.1, 0.15) is 0 Å². The molecule has 2 N–H and O–H groups in total. The second kappa shape index (κ2) is 5.44. The van der Waals surface area contributed by atoms with E-state index in [1.807, 2.05) is 12.1 Å². The van der Waals surface area contributed by atoms with Crippen LogP contribution in [-0.4, -0.2) is 12.6 Å². The Morgan fingerprint density at radius 1 is 1.29 bits per heavy atom. The van der Waals surface area contributed by atoms with Crippen LogP contribution in [0.1, 0.15) is 44.6 Å². The Morgan fingerprint density at radius 2 is 2.12 bits per heavy atom. The molecule has 1 saturated heterocycles. The molecule has 1 atom stereocenters. The third-order valence-electron chi connectivity index (χ3n) is 3.90. The lowest BCUT2D eigenvalue weighted by Crippen LogP contribution is -2.35. The first-order chi connectivity index (χ1) is 8.24. The first-order valence-electron chi connectivity index (χ1n) is 6.85. The lowest BCUT2D eigenvalue weighted by Gasteiger charge is -2.33. The molecule has 1 fully saturated rings. The first-order valence-corrected chi connectivity index (χ1v) is 6.85. The van der Waals surface area contributed by atoms with E-state index in [1.165, 1.54) is 43.4 Å². The largest absolute Gasteiger partial charge is 0.397 e. The lowest BCUT2D eigenvalue weighted by molar-refractivity contribution is 0.556. The first kappa shape index (κ1) is 12.3. The number of nitrogens with two attached hydrogens (primary N) is 1. The van der Waals surface area contributed by atoms with Gasteiger partial charge in [-0.15, -0.1) is 0 Å². The number of anilines is 2. The molecule has 0 aromatic heterocycles. The summed E-state index contributed by atoms with van der Waals surface area (Å²) < 4.78 is 0. The van der Waals surface area contributed by atoms with Gasteiger partial charge in [-0.1, -0.05) is 31.9 Å². The van der Waals surface area contributed by atoms with Crippen molar-refractivity contribution in [2.75, 3.05) is 17.2 Å². The van der Waals surface area contributed by atoms with E-state index in [9.17, 15) is 0 Å². The van der Waals surface area contributed by atoms with Crippen LogP contribution >= 0.6 is 0 Å². The Balaban J connectivity index is 2.34. The van der Waals surface area contributed by atoms with Crippen molar-refractivity contribution in [3.63, 3.8) is 0 Å². The van der Waals surface area contributed by atoms with E-state index in [2.05, 4.69) is 24.8 Å². The summed E-state index contributed by atoms with van der Waals surface area (Å²) in [6.07, 6.45) is 6.54. The van der Waals surface area contributed by atoms with Gasteiger partial charge in [-0.2, -0.15) is 0 Å². The number of rotatable bonds is 2. The van der Waals surface area contributed by atoms with Crippen LogP contribution in [0.2, 0.25) is 0 Å². The number of hydrogen-bond acceptors (Lipinski definition) is 2. The summed E-state index contributed by atoms with van der Waals surface area (Å²) in [5.41, 5.74) is 9.70. The highest BCUT2D eigenvalue weighted by Crippen LogP contribution is 2.32. The van der Waals surface area contributed by atoms with Crippen LogP contribution in [0.4, 0.5) is 11.4 Å². The minimum absolute atomic E-state index is 0.667. The molecule has 0 amide bonds. The van der Waals surface area contributed by atoms with Gasteiger partial charge in [0.2, 0.25) is 0 Å². The number of aryl methyl sites for hydroxylation is 1. The summed E-state index contributed by atoms with van der Waals surface area (Å²) in [7, 11) is 0. The fourth-order valence-corrected chi connectivity index (χ4v) is 2.97. The van der Waals surface area contributed by atoms with Gasteiger partial charge in [0.15, 0.2) is 0 Å². The number of nitrogen functional groups attached to an aromatic ring is 1. The molecule has 0 saturated carbocycles. The molecular weight excluding hydrogens is 208 g/mol. The van der Waals surface area contributed by atoms with Crippen LogP contribution in [-0.2, 0) is 0 Å². The molecule has 1 aliphatic heterocycles. The van der Waals surface area contributed by atoms with Crippen LogP contribution in [0.25, 0.3) is 0 Å². The Morgan fingerprint density at radius 3 is 2.82 bits per heavy atom. The van der Waals surface area contributed by atoms with Crippen molar-refractivity contribution < 1.29 is 0 Å². The molecule has 1 unspecified atom stereocenters. The van der Waals surface area contributed by atoms with Crippen molar-refractivity contribution in [2.45, 2.75) is 52.0 Å². The predicted molar refractivity (Wildman–Crippen MR) is 75.5 cm³/mol. The van der Waals surface area contributed by atoms with Gasteiger partial charge in [0.25, 0.3) is 0 Å². The van der Waals surface area contributed by atoms with E-state index in [-0.39, 0.29) is 0 Å². The zero-order chi connectivity index (χ0) is 12.3. The average molecular weight is 232 g/mol. The summed E-state index contributed by atoms with van der Waals surface area (Å²) in [5.74, 6) is 0. The maximum Gasteiger partial charge on any atom is 0.0632 e. The predicted octanol–water partition coefficient (Wildman–Crippen LogP) is 3.74. The van der Waals surface area contributed by atoms with Crippen molar-refractivity contribution in [2.24, 2.45) is 0 Å². The Bertz CT molecular complexity index is 353. The van der Waals surface area contributed by atoms with E-state index in [1.54, 1.807) is 0 Å². The minimum atomic E-state index is 0.667. The lowest BCUT2D eigenvalue weighted by atomic mass is 10.0. The quantitative estimate of drug-likeness (QED) is 0.787.